The molecule has 1 N–H and O–H groups in total. The molecule has 1 aromatic carbocycles. The van der Waals surface area contributed by atoms with Gasteiger partial charge in [0.1, 0.15) is 0 Å². The molecule has 0 heterocycles. The molecule has 1 atom stereocenters. The van der Waals surface area contributed by atoms with Crippen LogP contribution in [0.15, 0.2) is 24.3 Å². The number of nitrogens with one attached hydrogen (secondary N) is 1. The quantitative estimate of drug-likeness (QED) is 0.892. The highest BCUT2D eigenvalue weighted by Gasteiger charge is 2.38. The van der Waals surface area contributed by atoms with Gasteiger partial charge in [-0.3, -0.25) is 0 Å². The van der Waals surface area contributed by atoms with E-state index in [1.807, 2.05) is 12.1 Å². The van der Waals surface area contributed by atoms with Crippen molar-refractivity contribution in [3.8, 4) is 0 Å². The Bertz CT molecular complexity index is 489. The first-order valence-corrected chi connectivity index (χ1v) is 8.09. The molecular weight excluding hydrogens is 246 g/mol. The van der Waals surface area contributed by atoms with E-state index in [0.717, 1.165) is 12.0 Å². The zero-order valence-corrected chi connectivity index (χ0v) is 12.6. The van der Waals surface area contributed by atoms with Crippen molar-refractivity contribution in [2.24, 2.45) is 0 Å². The van der Waals surface area contributed by atoms with Crippen molar-refractivity contribution in [1.29, 1.82) is 0 Å². The summed E-state index contributed by atoms with van der Waals surface area (Å²) < 4.78 is 23.0. The molecule has 18 heavy (non-hydrogen) atoms. The third-order valence-corrected chi connectivity index (χ3v) is 5.81. The van der Waals surface area contributed by atoms with Gasteiger partial charge >= 0.3 is 0 Å². The predicted octanol–water partition coefficient (Wildman–Crippen LogP) is 2.33. The predicted molar refractivity (Wildman–Crippen MR) is 76.5 cm³/mol. The summed E-state index contributed by atoms with van der Waals surface area (Å²) in [5.41, 5.74) is 2.26. The van der Waals surface area contributed by atoms with E-state index in [4.69, 9.17) is 0 Å². The molecule has 1 unspecified atom stereocenters. The maximum absolute atomic E-state index is 11.9. The van der Waals surface area contributed by atoms with Gasteiger partial charge in [-0.05, 0) is 38.4 Å². The Hall–Kier alpha value is -0.870. The zero-order chi connectivity index (χ0) is 14.0. The highest BCUT2D eigenvalue weighted by molar-refractivity contribution is 7.92. The van der Waals surface area contributed by atoms with E-state index in [1.165, 1.54) is 11.8 Å². The van der Waals surface area contributed by atoms with Crippen molar-refractivity contribution < 1.29 is 8.42 Å². The number of aryl methyl sites for hydroxylation is 1. The fourth-order valence-corrected chi connectivity index (χ4v) is 2.76. The van der Waals surface area contributed by atoms with Gasteiger partial charge in [-0.2, -0.15) is 0 Å². The van der Waals surface area contributed by atoms with Gasteiger partial charge in [0.05, 0.1) is 10.8 Å². The van der Waals surface area contributed by atoms with Crippen LogP contribution in [0.1, 0.15) is 37.9 Å². The molecule has 0 saturated carbocycles. The third-order valence-electron chi connectivity index (χ3n) is 3.66. The van der Waals surface area contributed by atoms with Crippen LogP contribution in [0.3, 0.4) is 0 Å². The van der Waals surface area contributed by atoms with Crippen LogP contribution in [-0.2, 0) is 16.3 Å². The number of sulfone groups is 1. The molecule has 0 saturated heterocycles. The van der Waals surface area contributed by atoms with Crippen LogP contribution >= 0.6 is 0 Å². The fourth-order valence-electron chi connectivity index (χ4n) is 2.08. The molecular formula is C14H23NO2S. The van der Waals surface area contributed by atoms with Crippen molar-refractivity contribution in [2.45, 2.75) is 38.0 Å². The monoisotopic (exact) mass is 269 g/mol. The average Bonchev–Trinajstić information content (AvgIpc) is 2.29. The minimum Gasteiger partial charge on any atom is -0.312 e. The van der Waals surface area contributed by atoms with Crippen LogP contribution in [0.25, 0.3) is 0 Å². The second-order valence-corrected chi connectivity index (χ2v) is 7.79. The van der Waals surface area contributed by atoms with E-state index in [0.29, 0.717) is 0 Å². The lowest BCUT2D eigenvalue weighted by Crippen LogP contribution is -2.43. The lowest BCUT2D eigenvalue weighted by Gasteiger charge is -2.32. The smallest absolute Gasteiger partial charge is 0.154 e. The van der Waals surface area contributed by atoms with E-state index in [-0.39, 0.29) is 6.04 Å². The summed E-state index contributed by atoms with van der Waals surface area (Å²) in [4.78, 5) is 0. The summed E-state index contributed by atoms with van der Waals surface area (Å²) in [7, 11) is -1.34. The average molecular weight is 269 g/mol. The second-order valence-electron chi connectivity index (χ2n) is 5.19. The van der Waals surface area contributed by atoms with Crippen molar-refractivity contribution in [1.82, 2.24) is 5.32 Å². The number of hydrogen-bond acceptors (Lipinski definition) is 3. The molecule has 0 fully saturated rings. The Labute approximate surface area is 111 Å². The van der Waals surface area contributed by atoms with Crippen LogP contribution < -0.4 is 5.32 Å². The number of hydrogen-bond donors (Lipinski definition) is 1. The summed E-state index contributed by atoms with van der Waals surface area (Å²) in [6.45, 7) is 5.62. The molecule has 1 aromatic rings. The van der Waals surface area contributed by atoms with E-state index in [9.17, 15) is 8.42 Å². The molecule has 0 spiro atoms. The number of benzene rings is 1. The molecule has 0 aliphatic heterocycles. The zero-order valence-electron chi connectivity index (χ0n) is 11.8. The van der Waals surface area contributed by atoms with Gasteiger partial charge in [-0.1, -0.05) is 31.2 Å². The first-order chi connectivity index (χ1) is 8.24. The standard InChI is InChI=1S/C14H23NO2S/c1-6-11-7-9-12(10-8-11)13(15-4)14(2,3)18(5,16)17/h7-10,13,15H,6H2,1-5H3. The van der Waals surface area contributed by atoms with Crippen molar-refractivity contribution >= 4 is 9.84 Å². The van der Waals surface area contributed by atoms with Crippen molar-refractivity contribution in [2.75, 3.05) is 13.3 Å². The maximum Gasteiger partial charge on any atom is 0.154 e. The van der Waals surface area contributed by atoms with E-state index in [1.54, 1.807) is 20.9 Å². The Balaban J connectivity index is 3.17. The van der Waals surface area contributed by atoms with Crippen molar-refractivity contribution in [3.63, 3.8) is 0 Å². The first-order valence-electron chi connectivity index (χ1n) is 6.19. The van der Waals surface area contributed by atoms with Gasteiger partial charge < -0.3 is 5.32 Å². The summed E-state index contributed by atoms with van der Waals surface area (Å²) >= 11 is 0. The van der Waals surface area contributed by atoms with E-state index in [2.05, 4.69) is 24.4 Å². The van der Waals surface area contributed by atoms with Crippen LogP contribution in [0.5, 0.6) is 0 Å². The highest BCUT2D eigenvalue weighted by atomic mass is 32.2. The topological polar surface area (TPSA) is 46.2 Å². The van der Waals surface area contributed by atoms with Gasteiger partial charge in [-0.25, -0.2) is 8.42 Å². The van der Waals surface area contributed by atoms with Gasteiger partial charge in [0.25, 0.3) is 0 Å². The first kappa shape index (κ1) is 15.2. The summed E-state index contributed by atoms with van der Waals surface area (Å²) in [5.74, 6) is 0. The van der Waals surface area contributed by atoms with Gasteiger partial charge in [0.2, 0.25) is 0 Å². The SMILES string of the molecule is CCc1ccc(C(NC)C(C)(C)S(C)(=O)=O)cc1. The number of rotatable bonds is 5. The lowest BCUT2D eigenvalue weighted by atomic mass is 9.94. The minimum atomic E-state index is -3.14. The molecule has 1 rings (SSSR count). The molecule has 4 heteroatoms. The van der Waals surface area contributed by atoms with Gasteiger partial charge in [-0.15, -0.1) is 0 Å². The third kappa shape index (κ3) is 2.93. The van der Waals surface area contributed by atoms with E-state index >= 15 is 0 Å². The maximum atomic E-state index is 11.9. The Morgan fingerprint density at radius 2 is 1.72 bits per heavy atom. The Morgan fingerprint density at radius 1 is 1.22 bits per heavy atom. The molecule has 102 valence electrons. The largest absolute Gasteiger partial charge is 0.312 e. The molecule has 0 amide bonds. The van der Waals surface area contributed by atoms with Gasteiger partial charge in [0, 0.05) is 6.26 Å². The molecule has 3 nitrogen and oxygen atoms in total. The minimum absolute atomic E-state index is 0.210. The molecule has 0 bridgehead atoms. The fraction of sp³-hybridized carbons (Fsp3) is 0.571. The van der Waals surface area contributed by atoms with Crippen LogP contribution in [0.4, 0.5) is 0 Å². The highest BCUT2D eigenvalue weighted by Crippen LogP contribution is 2.32. The normalized spacial score (nSPS) is 14.5. The summed E-state index contributed by atoms with van der Waals surface area (Å²) in [6, 6.07) is 7.91. The second kappa shape index (κ2) is 5.41. The Morgan fingerprint density at radius 3 is 2.06 bits per heavy atom. The Kier molecular flexibility index (Phi) is 4.56. The molecule has 0 aliphatic carbocycles. The van der Waals surface area contributed by atoms with Crippen LogP contribution in [-0.4, -0.2) is 26.5 Å². The van der Waals surface area contributed by atoms with Gasteiger partial charge in [0.15, 0.2) is 9.84 Å². The van der Waals surface area contributed by atoms with Crippen LogP contribution in [0.2, 0.25) is 0 Å². The summed E-state index contributed by atoms with van der Waals surface area (Å²) in [5, 5.41) is 3.12. The van der Waals surface area contributed by atoms with E-state index < -0.39 is 14.6 Å². The van der Waals surface area contributed by atoms with Crippen molar-refractivity contribution in [3.05, 3.63) is 35.4 Å². The summed E-state index contributed by atoms with van der Waals surface area (Å²) in [6.07, 6.45) is 2.28. The molecule has 0 radical (unpaired) electrons. The lowest BCUT2D eigenvalue weighted by molar-refractivity contribution is 0.446. The molecule has 0 aliphatic rings. The molecule has 0 aromatic heterocycles. The van der Waals surface area contributed by atoms with Crippen LogP contribution in [0, 0.1) is 0 Å².